The summed E-state index contributed by atoms with van der Waals surface area (Å²) in [6, 6.07) is 2.95. The first-order valence-corrected chi connectivity index (χ1v) is 6.98. The van der Waals surface area contributed by atoms with Crippen LogP contribution in [0.3, 0.4) is 0 Å². The zero-order valence-corrected chi connectivity index (χ0v) is 13.4. The predicted octanol–water partition coefficient (Wildman–Crippen LogP) is 3.26. The van der Waals surface area contributed by atoms with Crippen LogP contribution in [0.4, 0.5) is 5.69 Å². The highest BCUT2D eigenvalue weighted by Gasteiger charge is 2.15. The summed E-state index contributed by atoms with van der Waals surface area (Å²) in [6.07, 6.45) is 5.31. The molecule has 1 aromatic carbocycles. The fourth-order valence-corrected chi connectivity index (χ4v) is 3.55. The maximum absolute atomic E-state index is 11.7. The third-order valence-corrected chi connectivity index (χ3v) is 3.64. The number of amides is 1. The number of anilines is 1. The van der Waals surface area contributed by atoms with Crippen LogP contribution in [0.2, 0.25) is 0 Å². The summed E-state index contributed by atoms with van der Waals surface area (Å²) in [7, 11) is 0. The number of nitrogens with two attached hydrogens (primary N) is 1. The van der Waals surface area contributed by atoms with E-state index in [1.54, 1.807) is 0 Å². The van der Waals surface area contributed by atoms with Gasteiger partial charge in [0, 0.05) is 19.8 Å². The Labute approximate surface area is 125 Å². The molecule has 0 aliphatic rings. The maximum atomic E-state index is 11.7. The number of terminal acetylenes is 1. The predicted molar refractivity (Wildman–Crippen MR) is 79.6 cm³/mol. The van der Waals surface area contributed by atoms with E-state index in [-0.39, 0.29) is 12.3 Å². The first-order chi connectivity index (χ1) is 7.95. The van der Waals surface area contributed by atoms with Crippen molar-refractivity contribution >= 4 is 59.4 Å². The van der Waals surface area contributed by atoms with Gasteiger partial charge in [-0.15, -0.1) is 12.3 Å². The van der Waals surface area contributed by atoms with E-state index in [2.05, 4.69) is 59.0 Å². The van der Waals surface area contributed by atoms with E-state index in [0.29, 0.717) is 5.69 Å². The van der Waals surface area contributed by atoms with Crippen molar-refractivity contribution in [1.82, 2.24) is 0 Å². The van der Waals surface area contributed by atoms with E-state index in [1.165, 1.54) is 0 Å². The summed E-state index contributed by atoms with van der Waals surface area (Å²) in [5.74, 6) is 2.04. The van der Waals surface area contributed by atoms with Crippen molar-refractivity contribution in [2.24, 2.45) is 5.73 Å². The lowest BCUT2D eigenvalue weighted by molar-refractivity contribution is -0.117. The number of benzene rings is 1. The van der Waals surface area contributed by atoms with Crippen molar-refractivity contribution in [2.45, 2.75) is 12.5 Å². The summed E-state index contributed by atoms with van der Waals surface area (Å²) in [4.78, 5) is 11.7. The molecule has 0 fully saturated rings. The lowest BCUT2D eigenvalue weighted by Crippen LogP contribution is -2.35. The highest BCUT2D eigenvalue weighted by molar-refractivity contribution is 9.11. The molecule has 90 valence electrons. The van der Waals surface area contributed by atoms with Crippen LogP contribution in [0, 0.1) is 12.3 Å². The molecule has 17 heavy (non-hydrogen) atoms. The third-order valence-electron chi connectivity index (χ3n) is 1.93. The molecule has 0 aliphatic carbocycles. The van der Waals surface area contributed by atoms with Gasteiger partial charge in [-0.3, -0.25) is 4.79 Å². The number of halogens is 3. The smallest absolute Gasteiger partial charge is 0.242 e. The van der Waals surface area contributed by atoms with Crippen molar-refractivity contribution in [1.29, 1.82) is 0 Å². The molecule has 0 aromatic heterocycles. The molecule has 0 saturated carbocycles. The van der Waals surface area contributed by atoms with E-state index in [9.17, 15) is 4.79 Å². The lowest BCUT2D eigenvalue weighted by Gasteiger charge is -2.13. The topological polar surface area (TPSA) is 55.1 Å². The van der Waals surface area contributed by atoms with E-state index < -0.39 is 6.04 Å². The van der Waals surface area contributed by atoms with Gasteiger partial charge in [-0.1, -0.05) is 15.9 Å². The van der Waals surface area contributed by atoms with E-state index in [0.717, 1.165) is 13.4 Å². The maximum Gasteiger partial charge on any atom is 0.242 e. The highest BCUT2D eigenvalue weighted by atomic mass is 79.9. The zero-order chi connectivity index (χ0) is 13.0. The molecule has 0 spiro atoms. The molecule has 0 saturated heterocycles. The normalized spacial score (nSPS) is 11.7. The van der Waals surface area contributed by atoms with Crippen LogP contribution in [0.15, 0.2) is 25.6 Å². The largest absolute Gasteiger partial charge is 0.323 e. The summed E-state index contributed by atoms with van der Waals surface area (Å²) in [6.45, 7) is 0. The van der Waals surface area contributed by atoms with Crippen molar-refractivity contribution in [3.05, 3.63) is 25.6 Å². The van der Waals surface area contributed by atoms with Gasteiger partial charge in [-0.25, -0.2) is 0 Å². The molecular weight excluding hydrogens is 416 g/mol. The first-order valence-electron chi connectivity index (χ1n) is 4.60. The molecule has 0 heterocycles. The molecule has 6 heteroatoms. The van der Waals surface area contributed by atoms with E-state index >= 15 is 0 Å². The molecule has 3 N–H and O–H groups in total. The Morgan fingerprint density at radius 3 is 2.41 bits per heavy atom. The minimum absolute atomic E-state index is 0.206. The van der Waals surface area contributed by atoms with E-state index in [1.807, 2.05) is 12.1 Å². The molecule has 0 radical (unpaired) electrons. The van der Waals surface area contributed by atoms with Crippen molar-refractivity contribution in [2.75, 3.05) is 5.32 Å². The molecule has 1 aromatic rings. The number of nitrogens with one attached hydrogen (secondary N) is 1. The first kappa shape index (κ1) is 14.7. The van der Waals surface area contributed by atoms with Crippen LogP contribution in [0.1, 0.15) is 6.42 Å². The molecule has 1 amide bonds. The standard InChI is InChI=1S/C11H9Br3N2O/c1-2-3-9(15)11(17)16-10-7(13)4-6(12)5-8(10)14/h1,4-5,9H,3,15H2,(H,16,17). The molecule has 1 rings (SSSR count). The Balaban J connectivity index is 2.90. The number of rotatable bonds is 3. The average Bonchev–Trinajstić information content (AvgIpc) is 2.23. The zero-order valence-electron chi connectivity index (χ0n) is 8.64. The van der Waals surface area contributed by atoms with Gasteiger partial charge in [0.1, 0.15) is 0 Å². The van der Waals surface area contributed by atoms with Gasteiger partial charge in [-0.05, 0) is 44.0 Å². The highest BCUT2D eigenvalue weighted by Crippen LogP contribution is 2.34. The average molecular weight is 425 g/mol. The summed E-state index contributed by atoms with van der Waals surface area (Å²) in [5, 5.41) is 2.72. The van der Waals surface area contributed by atoms with Gasteiger partial charge < -0.3 is 11.1 Å². The van der Waals surface area contributed by atoms with Crippen molar-refractivity contribution < 1.29 is 4.79 Å². The number of hydrogen-bond donors (Lipinski definition) is 2. The third kappa shape index (κ3) is 4.11. The van der Waals surface area contributed by atoms with Gasteiger partial charge in [0.25, 0.3) is 0 Å². The molecule has 0 aliphatic heterocycles. The van der Waals surface area contributed by atoms with Gasteiger partial charge in [-0.2, -0.15) is 0 Å². The molecule has 1 unspecified atom stereocenters. The van der Waals surface area contributed by atoms with Gasteiger partial charge in [0.2, 0.25) is 5.91 Å². The monoisotopic (exact) mass is 422 g/mol. The second-order valence-electron chi connectivity index (χ2n) is 3.25. The van der Waals surface area contributed by atoms with Crippen LogP contribution in [0.25, 0.3) is 0 Å². The van der Waals surface area contributed by atoms with Crippen LogP contribution in [-0.2, 0) is 4.79 Å². The summed E-state index contributed by atoms with van der Waals surface area (Å²) < 4.78 is 2.39. The fourth-order valence-electron chi connectivity index (χ4n) is 1.10. The number of hydrogen-bond acceptors (Lipinski definition) is 2. The molecule has 1 atom stereocenters. The van der Waals surface area contributed by atoms with Gasteiger partial charge >= 0.3 is 0 Å². The van der Waals surface area contributed by atoms with Gasteiger partial charge in [0.15, 0.2) is 0 Å². The van der Waals surface area contributed by atoms with Crippen LogP contribution >= 0.6 is 47.8 Å². The quantitative estimate of drug-likeness (QED) is 0.732. The van der Waals surface area contributed by atoms with E-state index in [4.69, 9.17) is 12.2 Å². The Kier molecular flexibility index (Phi) is 5.67. The second kappa shape index (κ2) is 6.55. The molecular formula is C11H9Br3N2O. The lowest BCUT2D eigenvalue weighted by atomic mass is 10.2. The Morgan fingerprint density at radius 2 is 1.94 bits per heavy atom. The Morgan fingerprint density at radius 1 is 1.41 bits per heavy atom. The van der Waals surface area contributed by atoms with Crippen molar-refractivity contribution in [3.63, 3.8) is 0 Å². The van der Waals surface area contributed by atoms with Crippen LogP contribution < -0.4 is 11.1 Å². The van der Waals surface area contributed by atoms with Crippen LogP contribution in [0.5, 0.6) is 0 Å². The number of carbonyl (C=O) groups is 1. The Hall–Kier alpha value is -0.350. The van der Waals surface area contributed by atoms with Gasteiger partial charge in [0.05, 0.1) is 11.7 Å². The SMILES string of the molecule is C#CCC(N)C(=O)Nc1c(Br)cc(Br)cc1Br. The van der Waals surface area contributed by atoms with Crippen LogP contribution in [-0.4, -0.2) is 11.9 Å². The minimum atomic E-state index is -0.706. The fraction of sp³-hybridized carbons (Fsp3) is 0.182. The molecule has 0 bridgehead atoms. The summed E-state index contributed by atoms with van der Waals surface area (Å²) >= 11 is 10.1. The second-order valence-corrected chi connectivity index (χ2v) is 5.87. The summed E-state index contributed by atoms with van der Waals surface area (Å²) in [5.41, 5.74) is 6.24. The minimum Gasteiger partial charge on any atom is -0.323 e. The Bertz CT molecular complexity index is 459. The molecule has 3 nitrogen and oxygen atoms in total. The number of carbonyl (C=O) groups excluding carboxylic acids is 1. The van der Waals surface area contributed by atoms with Crippen molar-refractivity contribution in [3.8, 4) is 12.3 Å².